The topological polar surface area (TPSA) is 37.3 Å². The first-order valence-corrected chi connectivity index (χ1v) is 5.62. The van der Waals surface area contributed by atoms with Gasteiger partial charge >= 0.3 is 8.03 Å². The summed E-state index contributed by atoms with van der Waals surface area (Å²) >= 11 is 0. The summed E-state index contributed by atoms with van der Waals surface area (Å²) in [5, 5.41) is 0. The van der Waals surface area contributed by atoms with Crippen LogP contribution in [0, 0.1) is 0 Å². The van der Waals surface area contributed by atoms with Crippen molar-refractivity contribution in [1.82, 2.24) is 0 Å². The lowest BCUT2D eigenvalue weighted by Crippen LogP contribution is -1.94. The molecule has 0 radical (unpaired) electrons. The first-order chi connectivity index (χ1) is 5.18. The number of hydrogen-bond donors (Lipinski definition) is 1. The van der Waals surface area contributed by atoms with Crippen LogP contribution in [0.5, 0.6) is 0 Å². The van der Waals surface area contributed by atoms with Crippen LogP contribution in [0.3, 0.4) is 0 Å². The maximum Gasteiger partial charge on any atom is 0.508 e. The van der Waals surface area contributed by atoms with Gasteiger partial charge in [0.2, 0.25) is 0 Å². The van der Waals surface area contributed by atoms with E-state index >= 15 is 0 Å². The molecule has 0 heterocycles. The van der Waals surface area contributed by atoms with Crippen molar-refractivity contribution < 1.29 is 9.46 Å². The average molecular weight is 177 g/mol. The smallest absolute Gasteiger partial charge is 0.161 e. The minimum Gasteiger partial charge on any atom is -0.161 e. The van der Waals surface area contributed by atoms with Gasteiger partial charge in [-0.2, -0.15) is 4.89 Å². The molecular weight excluding hydrogens is 159 g/mol. The average Bonchev–Trinajstić information content (AvgIpc) is 1.97. The van der Waals surface area contributed by atoms with E-state index in [0.29, 0.717) is 0 Å². The summed E-state index contributed by atoms with van der Waals surface area (Å²) < 4.78 is 10.5. The zero-order valence-electron chi connectivity index (χ0n) is 7.42. The van der Waals surface area contributed by atoms with Gasteiger partial charge in [0.25, 0.3) is 0 Å². The highest BCUT2D eigenvalue weighted by atomic mass is 31.1. The molecule has 0 aromatic rings. The van der Waals surface area contributed by atoms with E-state index in [1.807, 2.05) is 6.92 Å². The highest BCUT2D eigenvalue weighted by molar-refractivity contribution is 7.38. The van der Waals surface area contributed by atoms with Crippen LogP contribution in [0.15, 0.2) is 0 Å². The summed E-state index contributed by atoms with van der Waals surface area (Å²) in [6.07, 6.45) is 5.65. The Morgan fingerprint density at radius 2 is 2.00 bits per heavy atom. The van der Waals surface area contributed by atoms with Gasteiger partial charge in [-0.05, 0) is 24.3 Å². The molecule has 11 heavy (non-hydrogen) atoms. The standard InChI is InChI=1S/C8H17O2P/c1-3-4-5-6-7-8(2)11(9)10/h8H,3-7H2,1-2H3/p+1. The highest BCUT2D eigenvalue weighted by Crippen LogP contribution is 2.26. The molecule has 2 unspecified atom stereocenters. The van der Waals surface area contributed by atoms with E-state index in [4.69, 9.17) is 4.89 Å². The van der Waals surface area contributed by atoms with Crippen LogP contribution in [0.25, 0.3) is 0 Å². The lowest BCUT2D eigenvalue weighted by atomic mass is 10.1. The molecule has 0 aromatic carbocycles. The first-order valence-electron chi connectivity index (χ1n) is 4.33. The molecule has 0 fully saturated rings. The summed E-state index contributed by atoms with van der Waals surface area (Å²) in [6.45, 7) is 4.00. The van der Waals surface area contributed by atoms with Crippen LogP contribution in [0.4, 0.5) is 0 Å². The van der Waals surface area contributed by atoms with Crippen LogP contribution < -0.4 is 0 Å². The molecule has 0 bridgehead atoms. The third kappa shape index (κ3) is 6.46. The van der Waals surface area contributed by atoms with Crippen molar-refractivity contribution in [3.8, 4) is 0 Å². The second-order valence-corrected chi connectivity index (χ2v) is 4.49. The Hall–Kier alpha value is 0.0600. The third-order valence-corrected chi connectivity index (χ3v) is 2.86. The fourth-order valence-corrected chi connectivity index (χ4v) is 1.38. The minimum atomic E-state index is -1.93. The highest BCUT2D eigenvalue weighted by Gasteiger charge is 2.21. The van der Waals surface area contributed by atoms with Gasteiger partial charge in [-0.1, -0.05) is 26.2 Å². The van der Waals surface area contributed by atoms with Crippen LogP contribution >= 0.6 is 8.03 Å². The quantitative estimate of drug-likeness (QED) is 0.500. The van der Waals surface area contributed by atoms with E-state index in [9.17, 15) is 4.57 Å². The monoisotopic (exact) mass is 177 g/mol. The third-order valence-electron chi connectivity index (χ3n) is 1.85. The molecule has 0 saturated carbocycles. The van der Waals surface area contributed by atoms with Crippen molar-refractivity contribution in [2.75, 3.05) is 0 Å². The Morgan fingerprint density at radius 1 is 1.36 bits per heavy atom. The van der Waals surface area contributed by atoms with E-state index in [-0.39, 0.29) is 5.66 Å². The summed E-state index contributed by atoms with van der Waals surface area (Å²) in [4.78, 5) is 8.69. The second-order valence-electron chi connectivity index (χ2n) is 3.00. The van der Waals surface area contributed by atoms with Gasteiger partial charge < -0.3 is 0 Å². The van der Waals surface area contributed by atoms with E-state index < -0.39 is 8.03 Å². The predicted molar refractivity (Wildman–Crippen MR) is 48.0 cm³/mol. The first kappa shape index (κ1) is 11.1. The molecule has 66 valence electrons. The molecule has 0 amide bonds. The van der Waals surface area contributed by atoms with Gasteiger partial charge in [0.1, 0.15) is 0 Å². The summed E-state index contributed by atoms with van der Waals surface area (Å²) in [5.41, 5.74) is -0.0122. The molecule has 1 N–H and O–H groups in total. The normalized spacial score (nSPS) is 14.6. The van der Waals surface area contributed by atoms with Gasteiger partial charge in [0.15, 0.2) is 5.66 Å². The largest absolute Gasteiger partial charge is 0.508 e. The van der Waals surface area contributed by atoms with Gasteiger partial charge in [-0.15, -0.1) is 0 Å². The van der Waals surface area contributed by atoms with Crippen molar-refractivity contribution in [3.63, 3.8) is 0 Å². The molecule has 0 aliphatic heterocycles. The van der Waals surface area contributed by atoms with Gasteiger partial charge in [0, 0.05) is 0 Å². The molecule has 0 aromatic heterocycles. The molecule has 0 aliphatic carbocycles. The molecule has 0 saturated heterocycles. The fraction of sp³-hybridized carbons (Fsp3) is 1.00. The Kier molecular flexibility index (Phi) is 6.79. The molecule has 2 nitrogen and oxygen atoms in total. The summed E-state index contributed by atoms with van der Waals surface area (Å²) in [5.74, 6) is 0. The van der Waals surface area contributed by atoms with E-state index in [1.165, 1.54) is 19.3 Å². The van der Waals surface area contributed by atoms with Gasteiger partial charge in [-0.3, -0.25) is 0 Å². The Bertz CT molecular complexity index is 115. The van der Waals surface area contributed by atoms with Gasteiger partial charge in [0.05, 0.1) is 0 Å². The van der Waals surface area contributed by atoms with Crippen molar-refractivity contribution in [2.24, 2.45) is 0 Å². The second kappa shape index (κ2) is 6.75. The Morgan fingerprint density at radius 3 is 2.45 bits per heavy atom. The van der Waals surface area contributed by atoms with Crippen LogP contribution in [0.1, 0.15) is 46.0 Å². The van der Waals surface area contributed by atoms with Gasteiger partial charge in [-0.25, -0.2) is 0 Å². The molecule has 0 rings (SSSR count). The Balaban J connectivity index is 3.17. The lowest BCUT2D eigenvalue weighted by molar-refractivity contribution is 0.483. The van der Waals surface area contributed by atoms with Crippen molar-refractivity contribution in [1.29, 1.82) is 0 Å². The molecule has 0 spiro atoms. The van der Waals surface area contributed by atoms with E-state index in [1.54, 1.807) is 0 Å². The lowest BCUT2D eigenvalue weighted by Gasteiger charge is -1.97. The molecular formula is C8H18O2P+. The fourth-order valence-electron chi connectivity index (χ4n) is 0.977. The number of hydrogen-bond acceptors (Lipinski definition) is 1. The molecule has 2 atom stereocenters. The predicted octanol–water partition coefficient (Wildman–Crippen LogP) is 3.08. The van der Waals surface area contributed by atoms with Crippen molar-refractivity contribution in [2.45, 2.75) is 51.6 Å². The zero-order valence-corrected chi connectivity index (χ0v) is 8.31. The molecule has 3 heteroatoms. The van der Waals surface area contributed by atoms with Crippen molar-refractivity contribution in [3.05, 3.63) is 0 Å². The Labute approximate surface area is 69.9 Å². The van der Waals surface area contributed by atoms with E-state index in [2.05, 4.69) is 6.92 Å². The summed E-state index contributed by atoms with van der Waals surface area (Å²) in [7, 11) is -1.93. The zero-order chi connectivity index (χ0) is 8.69. The number of rotatable bonds is 6. The minimum absolute atomic E-state index is 0.0122. The van der Waals surface area contributed by atoms with Crippen LogP contribution in [0.2, 0.25) is 0 Å². The van der Waals surface area contributed by atoms with E-state index in [0.717, 1.165) is 12.8 Å². The van der Waals surface area contributed by atoms with Crippen molar-refractivity contribution >= 4 is 8.03 Å². The maximum atomic E-state index is 10.5. The number of unbranched alkanes of at least 4 members (excludes halogenated alkanes) is 3. The molecule has 0 aliphatic rings. The van der Waals surface area contributed by atoms with Crippen LogP contribution in [-0.4, -0.2) is 10.6 Å². The van der Waals surface area contributed by atoms with Crippen LogP contribution in [-0.2, 0) is 4.57 Å². The summed E-state index contributed by atoms with van der Waals surface area (Å²) in [6, 6.07) is 0. The maximum absolute atomic E-state index is 10.5. The SMILES string of the molecule is CCCCCCC(C)[P+](=O)O.